The van der Waals surface area contributed by atoms with E-state index >= 15 is 0 Å². The molecule has 5 rings (SSSR count). The van der Waals surface area contributed by atoms with Crippen molar-refractivity contribution in [1.82, 2.24) is 0 Å². The molecule has 5 aliphatic carbocycles. The van der Waals surface area contributed by atoms with Gasteiger partial charge in [0.1, 0.15) is 6.10 Å². The third-order valence-corrected chi connectivity index (χ3v) is 18.7. The quantitative estimate of drug-likeness (QED) is 0.0587. The SMILES string of the molecule is CCCCCCCCCCCCCCCCCCCCCCCC(=O)OC1CCC2(C)C(CCC3(C)C2CCC2C4=CC(C)(C)CCC4(C)CCC23C)C1(C)C. The van der Waals surface area contributed by atoms with Gasteiger partial charge in [-0.1, -0.05) is 202 Å². The zero-order chi connectivity index (χ0) is 40.5. The summed E-state index contributed by atoms with van der Waals surface area (Å²) in [5.41, 5.74) is 3.79. The number of ether oxygens (including phenoxy) is 1. The Labute approximate surface area is 350 Å². The van der Waals surface area contributed by atoms with Crippen molar-refractivity contribution in [1.29, 1.82) is 0 Å². The fraction of sp³-hybridized carbons (Fsp3) is 0.944. The van der Waals surface area contributed by atoms with Crippen LogP contribution in [0.4, 0.5) is 0 Å². The van der Waals surface area contributed by atoms with E-state index in [9.17, 15) is 4.79 Å². The lowest BCUT2D eigenvalue weighted by molar-refractivity contribution is -0.233. The summed E-state index contributed by atoms with van der Waals surface area (Å²) in [6, 6.07) is 0. The Morgan fingerprint density at radius 1 is 0.536 bits per heavy atom. The number of rotatable bonds is 23. The largest absolute Gasteiger partial charge is 0.462 e. The van der Waals surface area contributed by atoms with Crippen LogP contribution in [0.2, 0.25) is 0 Å². The van der Waals surface area contributed by atoms with E-state index in [1.807, 2.05) is 5.57 Å². The molecule has 0 N–H and O–H groups in total. The van der Waals surface area contributed by atoms with Crippen LogP contribution < -0.4 is 0 Å². The van der Waals surface area contributed by atoms with Crippen LogP contribution in [-0.4, -0.2) is 12.1 Å². The summed E-state index contributed by atoms with van der Waals surface area (Å²) in [5.74, 6) is 2.23. The lowest BCUT2D eigenvalue weighted by atomic mass is 9.32. The molecule has 0 amide bonds. The zero-order valence-electron chi connectivity index (χ0n) is 39.3. The molecule has 0 spiro atoms. The van der Waals surface area contributed by atoms with Crippen LogP contribution in [0, 0.1) is 50.2 Å². The van der Waals surface area contributed by atoms with Crippen molar-refractivity contribution in [3.05, 3.63) is 11.6 Å². The van der Waals surface area contributed by atoms with Gasteiger partial charge >= 0.3 is 5.97 Å². The van der Waals surface area contributed by atoms with Crippen LogP contribution in [-0.2, 0) is 9.53 Å². The number of carbonyl (C=O) groups is 1. The Bertz CT molecular complexity index is 1240. The normalized spacial score (nSPS) is 35.8. The predicted octanol–water partition coefficient (Wildman–Crippen LogP) is 17.3. The summed E-state index contributed by atoms with van der Waals surface area (Å²) < 4.78 is 6.45. The summed E-state index contributed by atoms with van der Waals surface area (Å²) in [4.78, 5) is 13.3. The summed E-state index contributed by atoms with van der Waals surface area (Å²) in [6.45, 7) is 23.0. The Balaban J connectivity index is 0.950. The smallest absolute Gasteiger partial charge is 0.306 e. The third-order valence-electron chi connectivity index (χ3n) is 18.7. The number of hydrogen-bond donors (Lipinski definition) is 0. The second kappa shape index (κ2) is 20.2. The summed E-state index contributed by atoms with van der Waals surface area (Å²) in [5, 5.41) is 0. The Kier molecular flexibility index (Phi) is 16.7. The summed E-state index contributed by atoms with van der Waals surface area (Å²) in [6.07, 6.45) is 45.9. The van der Waals surface area contributed by atoms with E-state index < -0.39 is 0 Å². The van der Waals surface area contributed by atoms with Gasteiger partial charge in [-0.2, -0.15) is 0 Å². The van der Waals surface area contributed by atoms with Crippen LogP contribution in [0.25, 0.3) is 0 Å². The van der Waals surface area contributed by atoms with Gasteiger partial charge in [0.15, 0.2) is 0 Å². The molecule has 0 radical (unpaired) electrons. The fourth-order valence-electron chi connectivity index (χ4n) is 14.7. The highest BCUT2D eigenvalue weighted by molar-refractivity contribution is 5.69. The van der Waals surface area contributed by atoms with E-state index in [2.05, 4.69) is 68.4 Å². The number of unbranched alkanes of at least 4 members (excludes halogenated alkanes) is 20. The fourth-order valence-corrected chi connectivity index (χ4v) is 14.7. The molecule has 8 unspecified atom stereocenters. The molecule has 2 heteroatoms. The Morgan fingerprint density at radius 3 is 1.57 bits per heavy atom. The number of allylic oxidation sites excluding steroid dienone is 2. The summed E-state index contributed by atoms with van der Waals surface area (Å²) in [7, 11) is 0. The zero-order valence-corrected chi connectivity index (χ0v) is 39.3. The van der Waals surface area contributed by atoms with E-state index in [0.717, 1.165) is 24.7 Å². The van der Waals surface area contributed by atoms with E-state index in [1.165, 1.54) is 186 Å². The molecule has 56 heavy (non-hydrogen) atoms. The van der Waals surface area contributed by atoms with E-state index in [-0.39, 0.29) is 17.5 Å². The maximum Gasteiger partial charge on any atom is 0.306 e. The molecule has 2 nitrogen and oxygen atoms in total. The molecule has 0 aromatic carbocycles. The molecular formula is C54H96O2. The van der Waals surface area contributed by atoms with Crippen molar-refractivity contribution in [3.63, 3.8) is 0 Å². The van der Waals surface area contributed by atoms with Gasteiger partial charge in [0.25, 0.3) is 0 Å². The highest BCUT2D eigenvalue weighted by atomic mass is 16.5. The van der Waals surface area contributed by atoms with Crippen molar-refractivity contribution >= 4 is 5.97 Å². The topological polar surface area (TPSA) is 26.3 Å². The van der Waals surface area contributed by atoms with Crippen molar-refractivity contribution in [2.45, 2.75) is 274 Å². The molecule has 5 aliphatic rings. The standard InChI is InChI=1S/C54H96O2/c1-10-11-12-13-14-15-16-17-18-19-20-21-22-23-24-25-26-27-28-29-30-31-48(55)56-47-35-36-52(7)45(50(47,4)5)34-37-54(9)46(52)33-32-43-44-42-49(2,3)38-39-51(44,6)40-41-53(43,54)8/h42-43,45-47H,10-41H2,1-9H3. The minimum absolute atomic E-state index is 0.0375. The molecule has 0 aromatic heterocycles. The minimum Gasteiger partial charge on any atom is -0.462 e. The van der Waals surface area contributed by atoms with Gasteiger partial charge in [-0.05, 0) is 115 Å². The van der Waals surface area contributed by atoms with Gasteiger partial charge in [0, 0.05) is 11.8 Å². The van der Waals surface area contributed by atoms with Gasteiger partial charge in [0.2, 0.25) is 0 Å². The average molecular weight is 777 g/mol. The lowest BCUT2D eigenvalue weighted by Crippen LogP contribution is -2.66. The van der Waals surface area contributed by atoms with Gasteiger partial charge in [0.05, 0.1) is 0 Å². The van der Waals surface area contributed by atoms with E-state index in [1.54, 1.807) is 0 Å². The monoisotopic (exact) mass is 777 g/mol. The Morgan fingerprint density at radius 2 is 1.04 bits per heavy atom. The van der Waals surface area contributed by atoms with Crippen LogP contribution in [0.5, 0.6) is 0 Å². The van der Waals surface area contributed by atoms with Gasteiger partial charge < -0.3 is 4.74 Å². The molecule has 4 saturated carbocycles. The lowest BCUT2D eigenvalue weighted by Gasteiger charge is -2.72. The maximum absolute atomic E-state index is 13.3. The third kappa shape index (κ3) is 10.6. The van der Waals surface area contributed by atoms with Crippen LogP contribution in [0.1, 0.15) is 268 Å². The number of hydrogen-bond acceptors (Lipinski definition) is 2. The van der Waals surface area contributed by atoms with E-state index in [4.69, 9.17) is 4.74 Å². The molecule has 324 valence electrons. The van der Waals surface area contributed by atoms with Gasteiger partial charge in [-0.25, -0.2) is 0 Å². The van der Waals surface area contributed by atoms with Crippen molar-refractivity contribution in [2.75, 3.05) is 0 Å². The first-order valence-corrected chi connectivity index (χ1v) is 25.6. The first-order chi connectivity index (χ1) is 26.6. The first-order valence-electron chi connectivity index (χ1n) is 25.6. The van der Waals surface area contributed by atoms with E-state index in [0.29, 0.717) is 39.4 Å². The molecule has 0 bridgehead atoms. The van der Waals surface area contributed by atoms with Gasteiger partial charge in [-0.15, -0.1) is 0 Å². The number of carbonyl (C=O) groups excluding carboxylic acids is 1. The predicted molar refractivity (Wildman–Crippen MR) is 242 cm³/mol. The van der Waals surface area contributed by atoms with Crippen molar-refractivity contribution in [3.8, 4) is 0 Å². The molecule has 4 fully saturated rings. The molecular weight excluding hydrogens is 681 g/mol. The second-order valence-corrected chi connectivity index (χ2v) is 23.4. The molecule has 0 heterocycles. The van der Waals surface area contributed by atoms with Crippen LogP contribution >= 0.6 is 0 Å². The summed E-state index contributed by atoms with van der Waals surface area (Å²) >= 11 is 0. The van der Waals surface area contributed by atoms with Crippen LogP contribution in [0.3, 0.4) is 0 Å². The number of fused-ring (bicyclic) bond motifs is 7. The second-order valence-electron chi connectivity index (χ2n) is 23.4. The van der Waals surface area contributed by atoms with Crippen molar-refractivity contribution in [2.24, 2.45) is 50.2 Å². The van der Waals surface area contributed by atoms with Gasteiger partial charge in [-0.3, -0.25) is 4.79 Å². The minimum atomic E-state index is 0.0375. The highest BCUT2D eigenvalue weighted by Crippen LogP contribution is 2.76. The average Bonchev–Trinajstić information content (AvgIpc) is 3.14. The molecule has 0 aromatic rings. The molecule has 0 saturated heterocycles. The molecule has 8 atom stereocenters. The molecule has 0 aliphatic heterocycles. The van der Waals surface area contributed by atoms with Crippen molar-refractivity contribution < 1.29 is 9.53 Å². The van der Waals surface area contributed by atoms with Crippen LogP contribution in [0.15, 0.2) is 11.6 Å². The number of esters is 1. The first kappa shape index (κ1) is 46.3. The highest BCUT2D eigenvalue weighted by Gasteiger charge is 2.69. The maximum atomic E-state index is 13.3. The Hall–Kier alpha value is -0.790.